The molecule has 9 heteroatoms. The lowest BCUT2D eigenvalue weighted by Crippen LogP contribution is -2.50. The lowest BCUT2D eigenvalue weighted by molar-refractivity contribution is 0.0963. The number of piperidine rings is 2. The Bertz CT molecular complexity index is 479. The lowest BCUT2D eigenvalue weighted by atomic mass is 9.97. The minimum absolute atomic E-state index is 0. The van der Waals surface area contributed by atoms with Crippen LogP contribution in [0.2, 0.25) is 0 Å². The number of aliphatic imine (C=N–C) groups is 1. The topological polar surface area (TPSA) is 78.4 Å². The molecule has 0 saturated carbocycles. The van der Waals surface area contributed by atoms with Gasteiger partial charge in [-0.1, -0.05) is 0 Å². The van der Waals surface area contributed by atoms with Crippen molar-refractivity contribution in [1.82, 2.24) is 20.4 Å². The zero-order chi connectivity index (χ0) is 20.2. The third kappa shape index (κ3) is 9.69. The largest absolute Gasteiger partial charge is 0.450 e. The summed E-state index contributed by atoms with van der Waals surface area (Å²) in [7, 11) is 1.76. The number of nitrogens with zero attached hydrogens (tertiary/aromatic N) is 3. The first-order chi connectivity index (χ1) is 13.7. The van der Waals surface area contributed by atoms with Crippen molar-refractivity contribution < 1.29 is 14.3 Å². The molecule has 0 atom stereocenters. The average Bonchev–Trinajstić information content (AvgIpc) is 2.72. The Labute approximate surface area is 193 Å². The third-order valence-corrected chi connectivity index (χ3v) is 5.53. The molecule has 0 bridgehead atoms. The van der Waals surface area contributed by atoms with E-state index in [-0.39, 0.29) is 30.1 Å². The Kier molecular flexibility index (Phi) is 13.6. The monoisotopic (exact) mass is 525 g/mol. The number of carbonyl (C=O) groups excluding carboxylic acids is 1. The zero-order valence-electron chi connectivity index (χ0n) is 18.3. The maximum absolute atomic E-state index is 11.8. The molecule has 2 heterocycles. The number of ether oxygens (including phenoxy) is 2. The average molecular weight is 525 g/mol. The van der Waals surface area contributed by atoms with E-state index in [0.29, 0.717) is 18.6 Å². The minimum atomic E-state index is -0.196. The molecular weight excluding hydrogens is 485 g/mol. The van der Waals surface area contributed by atoms with E-state index in [9.17, 15) is 4.79 Å². The van der Waals surface area contributed by atoms with Gasteiger partial charge in [-0.3, -0.25) is 4.99 Å². The van der Waals surface area contributed by atoms with E-state index in [4.69, 9.17) is 14.5 Å². The second-order valence-electron chi connectivity index (χ2n) is 7.60. The van der Waals surface area contributed by atoms with E-state index < -0.39 is 0 Å². The predicted octanol–water partition coefficient (Wildman–Crippen LogP) is 2.14. The minimum Gasteiger partial charge on any atom is -0.450 e. The van der Waals surface area contributed by atoms with Gasteiger partial charge in [0.2, 0.25) is 0 Å². The number of methoxy groups -OCH3 is 1. The molecule has 2 saturated heterocycles. The second-order valence-corrected chi connectivity index (χ2v) is 7.60. The smallest absolute Gasteiger partial charge is 0.409 e. The van der Waals surface area contributed by atoms with E-state index in [1.54, 1.807) is 12.0 Å². The van der Waals surface area contributed by atoms with Gasteiger partial charge in [0.05, 0.1) is 13.2 Å². The Morgan fingerprint density at radius 2 is 1.79 bits per heavy atom. The van der Waals surface area contributed by atoms with E-state index in [0.717, 1.165) is 71.2 Å². The van der Waals surface area contributed by atoms with Gasteiger partial charge >= 0.3 is 6.09 Å². The summed E-state index contributed by atoms with van der Waals surface area (Å²) in [5.74, 6) is 1.55. The summed E-state index contributed by atoms with van der Waals surface area (Å²) in [6.07, 6.45) is 4.04. The fourth-order valence-corrected chi connectivity index (χ4v) is 3.77. The van der Waals surface area contributed by atoms with Gasteiger partial charge in [-0.25, -0.2) is 4.79 Å². The Hall–Kier alpha value is -0.810. The van der Waals surface area contributed by atoms with Gasteiger partial charge < -0.3 is 29.9 Å². The first-order valence-corrected chi connectivity index (χ1v) is 10.8. The molecule has 2 rings (SSSR count). The molecule has 0 unspecified atom stereocenters. The van der Waals surface area contributed by atoms with Gasteiger partial charge in [0.25, 0.3) is 0 Å². The molecular formula is C20H40IN5O3. The van der Waals surface area contributed by atoms with E-state index in [2.05, 4.69) is 22.5 Å². The van der Waals surface area contributed by atoms with Crippen LogP contribution in [-0.4, -0.2) is 94.0 Å². The summed E-state index contributed by atoms with van der Waals surface area (Å²) in [6.45, 7) is 11.7. The van der Waals surface area contributed by atoms with Gasteiger partial charge in [-0.05, 0) is 58.5 Å². The van der Waals surface area contributed by atoms with Crippen LogP contribution in [0.4, 0.5) is 4.79 Å². The number of amides is 1. The molecule has 8 nitrogen and oxygen atoms in total. The summed E-state index contributed by atoms with van der Waals surface area (Å²) < 4.78 is 10.3. The number of carbonyl (C=O) groups is 1. The van der Waals surface area contributed by atoms with Crippen molar-refractivity contribution in [3.63, 3.8) is 0 Å². The summed E-state index contributed by atoms with van der Waals surface area (Å²) in [5, 5.41) is 6.92. The fraction of sp³-hybridized carbons (Fsp3) is 0.900. The van der Waals surface area contributed by atoms with Crippen LogP contribution in [0.3, 0.4) is 0 Å². The molecule has 0 aromatic heterocycles. The molecule has 2 fully saturated rings. The van der Waals surface area contributed by atoms with Crippen molar-refractivity contribution in [2.24, 2.45) is 10.9 Å². The highest BCUT2D eigenvalue weighted by Crippen LogP contribution is 2.17. The van der Waals surface area contributed by atoms with Crippen molar-refractivity contribution in [1.29, 1.82) is 0 Å². The number of halogens is 1. The van der Waals surface area contributed by atoms with Gasteiger partial charge in [0.15, 0.2) is 5.96 Å². The molecule has 0 spiro atoms. The van der Waals surface area contributed by atoms with Crippen molar-refractivity contribution in [2.45, 2.75) is 45.6 Å². The molecule has 0 radical (unpaired) electrons. The van der Waals surface area contributed by atoms with Crippen LogP contribution >= 0.6 is 24.0 Å². The molecule has 2 aliphatic rings. The van der Waals surface area contributed by atoms with Gasteiger partial charge in [0.1, 0.15) is 0 Å². The van der Waals surface area contributed by atoms with Crippen LogP contribution in [0.5, 0.6) is 0 Å². The Morgan fingerprint density at radius 3 is 2.38 bits per heavy atom. The Morgan fingerprint density at radius 1 is 1.10 bits per heavy atom. The normalized spacial score (nSPS) is 19.6. The maximum Gasteiger partial charge on any atom is 0.409 e. The van der Waals surface area contributed by atoms with Crippen LogP contribution in [0.25, 0.3) is 0 Å². The van der Waals surface area contributed by atoms with Crippen molar-refractivity contribution in [3.05, 3.63) is 0 Å². The molecule has 29 heavy (non-hydrogen) atoms. The lowest BCUT2D eigenvalue weighted by Gasteiger charge is -2.33. The molecule has 0 aromatic carbocycles. The van der Waals surface area contributed by atoms with Crippen LogP contribution < -0.4 is 10.6 Å². The summed E-state index contributed by atoms with van der Waals surface area (Å²) >= 11 is 0. The molecule has 2 aliphatic heterocycles. The third-order valence-electron chi connectivity index (χ3n) is 5.53. The number of likely N-dealkylation sites (tertiary alicyclic amines) is 2. The van der Waals surface area contributed by atoms with Gasteiger partial charge in [-0.15, -0.1) is 24.0 Å². The highest BCUT2D eigenvalue weighted by Gasteiger charge is 2.24. The summed E-state index contributed by atoms with van der Waals surface area (Å²) in [5.41, 5.74) is 0. The fourth-order valence-electron chi connectivity index (χ4n) is 3.77. The maximum atomic E-state index is 11.8. The van der Waals surface area contributed by atoms with Crippen molar-refractivity contribution in [2.75, 3.05) is 66.1 Å². The van der Waals surface area contributed by atoms with Crippen LogP contribution in [0, 0.1) is 5.92 Å². The number of hydrogen-bond donors (Lipinski definition) is 2. The number of nitrogens with one attached hydrogen (secondary N) is 2. The summed E-state index contributed by atoms with van der Waals surface area (Å²) in [6, 6.07) is 0.347. The van der Waals surface area contributed by atoms with Crippen molar-refractivity contribution >= 4 is 36.0 Å². The quantitative estimate of drug-likeness (QED) is 0.287. The van der Waals surface area contributed by atoms with E-state index >= 15 is 0 Å². The number of hydrogen-bond acceptors (Lipinski definition) is 5. The van der Waals surface area contributed by atoms with Crippen molar-refractivity contribution in [3.8, 4) is 0 Å². The van der Waals surface area contributed by atoms with E-state index in [1.165, 1.54) is 12.8 Å². The number of rotatable bonds is 8. The molecule has 1 amide bonds. The second kappa shape index (κ2) is 15.1. The predicted molar refractivity (Wildman–Crippen MR) is 127 cm³/mol. The standard InChI is InChI=1S/C20H39N5O3.HI/c1-4-21-19(22-16-17-6-10-24(11-7-17)14-15-27-3)23-18-8-12-25(13-9-18)20(26)28-5-2;/h17-18H,4-16H2,1-3H3,(H2,21,22,23);1H. The molecule has 170 valence electrons. The summed E-state index contributed by atoms with van der Waals surface area (Å²) in [4.78, 5) is 20.9. The first-order valence-electron chi connectivity index (χ1n) is 10.8. The van der Waals surface area contributed by atoms with Gasteiger partial charge in [-0.2, -0.15) is 0 Å². The van der Waals surface area contributed by atoms with E-state index in [1.807, 2.05) is 6.92 Å². The highest BCUT2D eigenvalue weighted by atomic mass is 127. The first kappa shape index (κ1) is 26.2. The molecule has 0 aromatic rings. The van der Waals surface area contributed by atoms with Crippen LogP contribution in [-0.2, 0) is 9.47 Å². The Balaban J connectivity index is 0.00000420. The highest BCUT2D eigenvalue weighted by molar-refractivity contribution is 14.0. The molecule has 2 N–H and O–H groups in total. The van der Waals surface area contributed by atoms with Crippen LogP contribution in [0.15, 0.2) is 4.99 Å². The molecule has 0 aliphatic carbocycles. The number of guanidine groups is 1. The van der Waals surface area contributed by atoms with Gasteiger partial charge in [0, 0.05) is 45.9 Å². The van der Waals surface area contributed by atoms with Crippen LogP contribution in [0.1, 0.15) is 39.5 Å². The SMILES string of the molecule is CCNC(=NCC1CCN(CCOC)CC1)NC1CCN(C(=O)OCC)CC1.I. The zero-order valence-corrected chi connectivity index (χ0v) is 20.7.